The molecule has 106 valence electrons. The summed E-state index contributed by atoms with van der Waals surface area (Å²) in [6.07, 6.45) is 7.96. The van der Waals surface area contributed by atoms with Crippen LogP contribution in [-0.4, -0.2) is 29.9 Å². The van der Waals surface area contributed by atoms with E-state index >= 15 is 0 Å². The van der Waals surface area contributed by atoms with E-state index in [0.717, 1.165) is 38.3 Å². The van der Waals surface area contributed by atoms with Gasteiger partial charge in [-0.2, -0.15) is 0 Å². The van der Waals surface area contributed by atoms with Gasteiger partial charge >= 0.3 is 0 Å². The van der Waals surface area contributed by atoms with Crippen LogP contribution in [0.1, 0.15) is 51.9 Å². The van der Waals surface area contributed by atoms with Gasteiger partial charge in [0.1, 0.15) is 0 Å². The number of nitrogens with zero attached hydrogens (tertiary/aromatic N) is 1. The molecule has 2 aliphatic rings. The van der Waals surface area contributed by atoms with Crippen LogP contribution in [0.4, 0.5) is 0 Å². The van der Waals surface area contributed by atoms with Crippen LogP contribution in [0.2, 0.25) is 0 Å². The van der Waals surface area contributed by atoms with E-state index in [0.29, 0.717) is 5.91 Å². The van der Waals surface area contributed by atoms with Gasteiger partial charge in [-0.3, -0.25) is 4.79 Å². The smallest absolute Gasteiger partial charge is 0.225 e. The van der Waals surface area contributed by atoms with Crippen molar-refractivity contribution in [2.45, 2.75) is 57.9 Å². The van der Waals surface area contributed by atoms with Gasteiger partial charge in [-0.1, -0.05) is 13.3 Å². The lowest BCUT2D eigenvalue weighted by molar-refractivity contribution is -0.137. The number of halogens is 1. The number of amides is 1. The topological polar surface area (TPSA) is 46.3 Å². The summed E-state index contributed by atoms with van der Waals surface area (Å²) in [5.41, 5.74) is 5.90. The van der Waals surface area contributed by atoms with Crippen molar-refractivity contribution in [3.8, 4) is 0 Å². The minimum Gasteiger partial charge on any atom is -0.342 e. The summed E-state index contributed by atoms with van der Waals surface area (Å²) in [6, 6.07) is 0.264. The number of likely N-dealkylation sites (tertiary alicyclic amines) is 1. The first-order valence-corrected chi connectivity index (χ1v) is 7.25. The van der Waals surface area contributed by atoms with Crippen LogP contribution in [-0.2, 0) is 4.79 Å². The molecule has 0 aromatic heterocycles. The SMILES string of the molecule is CCCC1CCCN(C(=O)C2CCC(N)C2)C1.Cl. The molecular formula is C14H27ClN2O. The van der Waals surface area contributed by atoms with Gasteiger partial charge in [-0.25, -0.2) is 0 Å². The maximum atomic E-state index is 12.4. The molecule has 1 aliphatic carbocycles. The molecular weight excluding hydrogens is 248 g/mol. The first-order valence-electron chi connectivity index (χ1n) is 7.25. The number of nitrogens with two attached hydrogens (primary N) is 1. The molecule has 2 fully saturated rings. The number of rotatable bonds is 3. The van der Waals surface area contributed by atoms with Crippen molar-refractivity contribution in [3.05, 3.63) is 0 Å². The molecule has 2 N–H and O–H groups in total. The maximum Gasteiger partial charge on any atom is 0.225 e. The normalized spacial score (nSPS) is 32.1. The molecule has 1 heterocycles. The Morgan fingerprint density at radius 2 is 2.11 bits per heavy atom. The van der Waals surface area contributed by atoms with E-state index in [1.807, 2.05) is 0 Å². The largest absolute Gasteiger partial charge is 0.342 e. The van der Waals surface area contributed by atoms with Crippen molar-refractivity contribution >= 4 is 18.3 Å². The number of carbonyl (C=O) groups is 1. The second kappa shape index (κ2) is 7.34. The lowest BCUT2D eigenvalue weighted by Gasteiger charge is -2.34. The molecule has 0 aromatic carbocycles. The van der Waals surface area contributed by atoms with Gasteiger partial charge < -0.3 is 10.6 Å². The summed E-state index contributed by atoms with van der Waals surface area (Å²) < 4.78 is 0. The quantitative estimate of drug-likeness (QED) is 0.860. The third kappa shape index (κ3) is 3.86. The molecule has 0 radical (unpaired) electrons. The van der Waals surface area contributed by atoms with Gasteiger partial charge in [0, 0.05) is 25.0 Å². The van der Waals surface area contributed by atoms with Crippen LogP contribution in [0.15, 0.2) is 0 Å². The fourth-order valence-corrected chi connectivity index (χ4v) is 3.41. The molecule has 4 heteroatoms. The lowest BCUT2D eigenvalue weighted by Crippen LogP contribution is -2.42. The van der Waals surface area contributed by atoms with Gasteiger partial charge in [0.05, 0.1) is 0 Å². The Hall–Kier alpha value is -0.280. The van der Waals surface area contributed by atoms with E-state index in [-0.39, 0.29) is 24.4 Å². The third-order valence-corrected chi connectivity index (χ3v) is 4.35. The van der Waals surface area contributed by atoms with E-state index in [2.05, 4.69) is 11.8 Å². The minimum atomic E-state index is 0. The van der Waals surface area contributed by atoms with Gasteiger partial charge in [0.25, 0.3) is 0 Å². The first kappa shape index (κ1) is 15.8. The third-order valence-electron chi connectivity index (χ3n) is 4.35. The van der Waals surface area contributed by atoms with Gasteiger partial charge in [0.2, 0.25) is 5.91 Å². The van der Waals surface area contributed by atoms with E-state index in [1.54, 1.807) is 0 Å². The minimum absolute atomic E-state index is 0. The van der Waals surface area contributed by atoms with E-state index in [9.17, 15) is 4.79 Å². The summed E-state index contributed by atoms with van der Waals surface area (Å²) in [5, 5.41) is 0. The van der Waals surface area contributed by atoms with Crippen molar-refractivity contribution in [3.63, 3.8) is 0 Å². The number of carbonyl (C=O) groups excluding carboxylic acids is 1. The van der Waals surface area contributed by atoms with Crippen molar-refractivity contribution in [2.75, 3.05) is 13.1 Å². The average molecular weight is 275 g/mol. The van der Waals surface area contributed by atoms with Gasteiger partial charge in [0.15, 0.2) is 0 Å². The van der Waals surface area contributed by atoms with Crippen LogP contribution in [0.25, 0.3) is 0 Å². The molecule has 0 bridgehead atoms. The highest BCUT2D eigenvalue weighted by molar-refractivity contribution is 5.85. The van der Waals surface area contributed by atoms with Crippen LogP contribution < -0.4 is 5.73 Å². The summed E-state index contributed by atoms with van der Waals surface area (Å²) in [5.74, 6) is 1.36. The van der Waals surface area contributed by atoms with Crippen molar-refractivity contribution in [1.82, 2.24) is 4.90 Å². The van der Waals surface area contributed by atoms with Crippen LogP contribution in [0.3, 0.4) is 0 Å². The fourth-order valence-electron chi connectivity index (χ4n) is 3.41. The number of hydrogen-bond donors (Lipinski definition) is 1. The Bertz CT molecular complexity index is 271. The molecule has 0 aromatic rings. The fraction of sp³-hybridized carbons (Fsp3) is 0.929. The predicted molar refractivity (Wildman–Crippen MR) is 76.8 cm³/mol. The van der Waals surface area contributed by atoms with Gasteiger partial charge in [-0.15, -0.1) is 12.4 Å². The first-order chi connectivity index (χ1) is 8.20. The molecule has 3 unspecified atom stereocenters. The Morgan fingerprint density at radius 3 is 2.72 bits per heavy atom. The highest BCUT2D eigenvalue weighted by Gasteiger charge is 2.32. The Morgan fingerprint density at radius 1 is 1.33 bits per heavy atom. The van der Waals surface area contributed by atoms with Crippen molar-refractivity contribution in [2.24, 2.45) is 17.6 Å². The highest BCUT2D eigenvalue weighted by atomic mass is 35.5. The van der Waals surface area contributed by atoms with E-state index in [4.69, 9.17) is 5.73 Å². The van der Waals surface area contributed by atoms with E-state index in [1.165, 1.54) is 25.7 Å². The molecule has 3 nitrogen and oxygen atoms in total. The Kier molecular flexibility index (Phi) is 6.44. The average Bonchev–Trinajstić information content (AvgIpc) is 2.76. The van der Waals surface area contributed by atoms with Crippen molar-refractivity contribution in [1.29, 1.82) is 0 Å². The maximum absolute atomic E-state index is 12.4. The van der Waals surface area contributed by atoms with E-state index < -0.39 is 0 Å². The molecule has 0 spiro atoms. The number of piperidine rings is 1. The Balaban J connectivity index is 0.00000162. The molecule has 1 saturated heterocycles. The predicted octanol–water partition coefficient (Wildman–Crippen LogP) is 2.57. The molecule has 18 heavy (non-hydrogen) atoms. The summed E-state index contributed by atoms with van der Waals surface area (Å²) in [7, 11) is 0. The second-order valence-corrected chi connectivity index (χ2v) is 5.85. The van der Waals surface area contributed by atoms with Crippen LogP contribution in [0.5, 0.6) is 0 Å². The number of hydrogen-bond acceptors (Lipinski definition) is 2. The van der Waals surface area contributed by atoms with Crippen LogP contribution in [0, 0.1) is 11.8 Å². The van der Waals surface area contributed by atoms with Gasteiger partial charge in [-0.05, 0) is 44.4 Å². The monoisotopic (exact) mass is 274 g/mol. The molecule has 3 atom stereocenters. The standard InChI is InChI=1S/C14H26N2O.ClH/c1-2-4-11-5-3-8-16(10-11)14(17)12-6-7-13(15)9-12;/h11-13H,2-10,15H2,1H3;1H. The zero-order valence-corrected chi connectivity index (χ0v) is 12.3. The zero-order valence-electron chi connectivity index (χ0n) is 11.4. The molecule has 2 rings (SSSR count). The summed E-state index contributed by atoms with van der Waals surface area (Å²) >= 11 is 0. The Labute approximate surface area is 117 Å². The summed E-state index contributed by atoms with van der Waals surface area (Å²) in [4.78, 5) is 14.5. The molecule has 1 aliphatic heterocycles. The second-order valence-electron chi connectivity index (χ2n) is 5.85. The lowest BCUT2D eigenvalue weighted by atomic mass is 9.92. The van der Waals surface area contributed by atoms with Crippen LogP contribution >= 0.6 is 12.4 Å². The molecule has 1 saturated carbocycles. The summed E-state index contributed by atoms with van der Waals surface area (Å²) in [6.45, 7) is 4.21. The molecule has 1 amide bonds. The van der Waals surface area contributed by atoms with Crippen molar-refractivity contribution < 1.29 is 4.79 Å². The zero-order chi connectivity index (χ0) is 12.3. The highest BCUT2D eigenvalue weighted by Crippen LogP contribution is 2.28.